The van der Waals surface area contributed by atoms with Gasteiger partial charge in [-0.1, -0.05) is 0 Å². The molecule has 0 aliphatic carbocycles. The van der Waals surface area contributed by atoms with Crippen LogP contribution in [0, 0.1) is 0 Å². The van der Waals surface area contributed by atoms with E-state index in [9.17, 15) is 79.0 Å². The molecule has 0 saturated heterocycles. The van der Waals surface area contributed by atoms with Crippen LogP contribution in [0.4, 0.5) is 79.0 Å². The van der Waals surface area contributed by atoms with E-state index in [2.05, 4.69) is 0 Å². The average Bonchev–Trinajstić information content (AvgIpc) is 2.40. The Bertz CT molecular complexity index is 569. The van der Waals surface area contributed by atoms with E-state index in [0.717, 1.165) is 0 Å². The Morgan fingerprint density at radius 3 is 0.786 bits per heavy atom. The molecule has 0 nitrogen and oxygen atoms in total. The smallest absolute Gasteiger partial charge is 0.216 e. The van der Waals surface area contributed by atoms with Gasteiger partial charge >= 0.3 is 47.9 Å². The lowest BCUT2D eigenvalue weighted by atomic mass is 9.90. The van der Waals surface area contributed by atoms with Crippen molar-refractivity contribution in [1.82, 2.24) is 0 Å². The van der Waals surface area contributed by atoms with Crippen LogP contribution in [0.5, 0.6) is 0 Å². The SMILES string of the molecule is FC(F)(F)C(F)(F)C(F)(F)C=CC(F)(F)C(F)(F)C(F)(C(F)(F)F)C(F)(F)F. The first kappa shape index (κ1) is 26.5. The molecular formula is C10H2F18. The van der Waals surface area contributed by atoms with E-state index in [1.54, 1.807) is 0 Å². The Balaban J connectivity index is 6.43. The molecule has 0 bridgehead atoms. The van der Waals surface area contributed by atoms with Crippen molar-refractivity contribution in [3.05, 3.63) is 12.2 Å². The largest absolute Gasteiger partial charge is 0.460 e. The van der Waals surface area contributed by atoms with Crippen molar-refractivity contribution < 1.29 is 79.0 Å². The topological polar surface area (TPSA) is 0 Å². The first-order valence-electron chi connectivity index (χ1n) is 5.81. The minimum absolute atomic E-state index is 2.42. The van der Waals surface area contributed by atoms with Crippen LogP contribution in [0.2, 0.25) is 0 Å². The van der Waals surface area contributed by atoms with Crippen LogP contribution in [0.1, 0.15) is 0 Å². The fourth-order valence-electron chi connectivity index (χ4n) is 1.35. The third kappa shape index (κ3) is 3.81. The summed E-state index contributed by atoms with van der Waals surface area (Å²) in [6, 6.07) is 0. The van der Waals surface area contributed by atoms with Crippen LogP contribution in [-0.4, -0.2) is 47.9 Å². The number of halogens is 18. The van der Waals surface area contributed by atoms with Gasteiger partial charge < -0.3 is 0 Å². The van der Waals surface area contributed by atoms with Gasteiger partial charge in [0.05, 0.1) is 0 Å². The molecule has 0 N–H and O–H groups in total. The van der Waals surface area contributed by atoms with Gasteiger partial charge in [0.25, 0.3) is 0 Å². The lowest BCUT2D eigenvalue weighted by molar-refractivity contribution is -0.420. The molecule has 0 aromatic heterocycles. The second kappa shape index (κ2) is 6.50. The molecule has 168 valence electrons. The van der Waals surface area contributed by atoms with Crippen LogP contribution in [0.25, 0.3) is 0 Å². The van der Waals surface area contributed by atoms with E-state index in [1.807, 2.05) is 0 Å². The molecule has 0 aliphatic rings. The van der Waals surface area contributed by atoms with Crippen molar-refractivity contribution >= 4 is 0 Å². The van der Waals surface area contributed by atoms with Gasteiger partial charge in [-0.15, -0.1) is 0 Å². The number of rotatable bonds is 5. The zero-order valence-corrected chi connectivity index (χ0v) is 12.0. The molecule has 0 saturated carbocycles. The predicted molar refractivity (Wildman–Crippen MR) is 50.9 cm³/mol. The number of alkyl halides is 18. The van der Waals surface area contributed by atoms with Crippen LogP contribution in [0.15, 0.2) is 12.2 Å². The molecule has 0 fully saturated rings. The van der Waals surface area contributed by atoms with Crippen molar-refractivity contribution in [3.8, 4) is 0 Å². The molecule has 0 atom stereocenters. The lowest BCUT2D eigenvalue weighted by Gasteiger charge is -2.38. The third-order valence-electron chi connectivity index (χ3n) is 2.91. The monoisotopic (exact) mass is 464 g/mol. The molecule has 0 aromatic rings. The summed E-state index contributed by atoms with van der Waals surface area (Å²) >= 11 is 0. The molecule has 0 amide bonds. The highest BCUT2D eigenvalue weighted by Crippen LogP contribution is 2.59. The highest BCUT2D eigenvalue weighted by atomic mass is 19.4. The Kier molecular flexibility index (Phi) is 6.14. The first-order chi connectivity index (χ1) is 11.7. The molecule has 18 heteroatoms. The highest BCUT2D eigenvalue weighted by molar-refractivity contribution is 5.19. The van der Waals surface area contributed by atoms with Crippen LogP contribution in [0.3, 0.4) is 0 Å². The second-order valence-corrected chi connectivity index (χ2v) is 4.88. The number of hydrogen-bond acceptors (Lipinski definition) is 0. The van der Waals surface area contributed by atoms with Crippen molar-refractivity contribution in [3.63, 3.8) is 0 Å². The zero-order chi connectivity index (χ0) is 23.4. The molecule has 0 aromatic carbocycles. The van der Waals surface area contributed by atoms with Gasteiger partial charge in [0, 0.05) is 0 Å². The van der Waals surface area contributed by atoms with E-state index in [0.29, 0.717) is 0 Å². The minimum Gasteiger partial charge on any atom is -0.216 e. The molecule has 0 aliphatic heterocycles. The van der Waals surface area contributed by atoms with E-state index in [-0.39, 0.29) is 0 Å². The van der Waals surface area contributed by atoms with Gasteiger partial charge in [-0.25, -0.2) is 4.39 Å². The normalized spacial score (nSPS) is 16.8. The van der Waals surface area contributed by atoms with Crippen molar-refractivity contribution in [1.29, 1.82) is 0 Å². The number of hydrogen-bond donors (Lipinski definition) is 0. The molecule has 28 heavy (non-hydrogen) atoms. The minimum atomic E-state index is -8.09. The highest BCUT2D eigenvalue weighted by Gasteiger charge is 2.89. The van der Waals surface area contributed by atoms with Crippen molar-refractivity contribution in [2.24, 2.45) is 0 Å². The van der Waals surface area contributed by atoms with Crippen LogP contribution >= 0.6 is 0 Å². The zero-order valence-electron chi connectivity index (χ0n) is 12.0. The van der Waals surface area contributed by atoms with Crippen molar-refractivity contribution in [2.45, 2.75) is 47.9 Å². The van der Waals surface area contributed by atoms with Crippen molar-refractivity contribution in [2.75, 3.05) is 0 Å². The van der Waals surface area contributed by atoms with Gasteiger partial charge in [0.2, 0.25) is 0 Å². The standard InChI is InChI=1S/C10H2F18/c11-3(12,1-2-4(13,14)7(18,19)10(26,27)28)6(16,17)5(15,8(20,21)22)9(23,24)25/h1-2H. The molecular weight excluding hydrogens is 462 g/mol. The average molecular weight is 464 g/mol. The Hall–Kier alpha value is -1.52. The molecule has 0 radical (unpaired) electrons. The van der Waals surface area contributed by atoms with Gasteiger partial charge in [0.15, 0.2) is 0 Å². The summed E-state index contributed by atoms with van der Waals surface area (Å²) in [5.74, 6) is -29.4. The first-order valence-corrected chi connectivity index (χ1v) is 5.81. The Morgan fingerprint density at radius 1 is 0.321 bits per heavy atom. The summed E-state index contributed by atoms with van der Waals surface area (Å²) in [6.07, 6.45) is -27.8. The van der Waals surface area contributed by atoms with Gasteiger partial charge in [0.1, 0.15) is 0 Å². The third-order valence-corrected chi connectivity index (χ3v) is 2.91. The fourth-order valence-corrected chi connectivity index (χ4v) is 1.35. The Labute approximate surface area is 140 Å². The maximum absolute atomic E-state index is 13.1. The van der Waals surface area contributed by atoms with E-state index < -0.39 is 60.0 Å². The molecule has 0 heterocycles. The Morgan fingerprint density at radius 2 is 0.571 bits per heavy atom. The predicted octanol–water partition coefficient (Wildman–Crippen LogP) is 6.48. The summed E-state index contributed by atoms with van der Waals surface area (Å²) < 4.78 is 223. The van der Waals surface area contributed by atoms with Gasteiger partial charge in [-0.3, -0.25) is 0 Å². The molecule has 0 unspecified atom stereocenters. The maximum atomic E-state index is 13.1. The molecule has 0 spiro atoms. The van der Waals surface area contributed by atoms with Gasteiger partial charge in [-0.05, 0) is 12.2 Å². The fraction of sp³-hybridized carbons (Fsp3) is 0.800. The van der Waals surface area contributed by atoms with E-state index in [1.165, 1.54) is 0 Å². The summed E-state index contributed by atoms with van der Waals surface area (Å²) in [5.41, 5.74) is -8.09. The second-order valence-electron chi connectivity index (χ2n) is 4.88. The maximum Gasteiger partial charge on any atom is 0.460 e. The quantitative estimate of drug-likeness (QED) is 0.323. The summed E-state index contributed by atoms with van der Waals surface area (Å²) in [4.78, 5) is 0. The van der Waals surface area contributed by atoms with E-state index >= 15 is 0 Å². The summed E-state index contributed by atoms with van der Waals surface area (Å²) in [5, 5.41) is 0. The van der Waals surface area contributed by atoms with E-state index in [4.69, 9.17) is 0 Å². The summed E-state index contributed by atoms with van der Waals surface area (Å²) in [7, 11) is 0. The molecule has 0 rings (SSSR count). The number of allylic oxidation sites excluding steroid dienone is 2. The summed E-state index contributed by atoms with van der Waals surface area (Å²) in [6.45, 7) is 0. The van der Waals surface area contributed by atoms with Gasteiger partial charge in [-0.2, -0.15) is 74.6 Å². The van der Waals surface area contributed by atoms with Crippen LogP contribution < -0.4 is 0 Å². The van der Waals surface area contributed by atoms with Crippen LogP contribution in [-0.2, 0) is 0 Å². The lowest BCUT2D eigenvalue weighted by Crippen LogP contribution is -2.69.